The van der Waals surface area contributed by atoms with Crippen molar-refractivity contribution in [3.05, 3.63) is 53.1 Å². The lowest BCUT2D eigenvalue weighted by molar-refractivity contribution is 0.351. The fourth-order valence-electron chi connectivity index (χ4n) is 2.79. The number of nitrogens with two attached hydrogens (primary N) is 1. The van der Waals surface area contributed by atoms with E-state index in [2.05, 4.69) is 18.2 Å². The van der Waals surface area contributed by atoms with Crippen molar-refractivity contribution in [1.29, 1.82) is 0 Å². The number of benzene rings is 2. The summed E-state index contributed by atoms with van der Waals surface area (Å²) in [6, 6.07) is 12.2. The smallest absolute Gasteiger partial charge is 0.164 e. The Balaban J connectivity index is 2.28. The van der Waals surface area contributed by atoms with Crippen molar-refractivity contribution in [3.8, 4) is 17.2 Å². The molecule has 0 aromatic heterocycles. The molecular weight excluding hydrogens is 290 g/mol. The van der Waals surface area contributed by atoms with Crippen molar-refractivity contribution in [2.45, 2.75) is 19.3 Å². The van der Waals surface area contributed by atoms with Crippen molar-refractivity contribution >= 4 is 0 Å². The second-order valence-electron chi connectivity index (χ2n) is 5.33. The fourth-order valence-corrected chi connectivity index (χ4v) is 2.79. The van der Waals surface area contributed by atoms with Crippen molar-refractivity contribution in [3.63, 3.8) is 0 Å². The maximum absolute atomic E-state index is 5.75. The molecule has 2 rings (SSSR count). The van der Waals surface area contributed by atoms with Gasteiger partial charge in [0.25, 0.3) is 0 Å². The Morgan fingerprint density at radius 2 is 1.70 bits per heavy atom. The Labute approximate surface area is 138 Å². The first kappa shape index (κ1) is 17.2. The minimum absolute atomic E-state index is 0.613. The van der Waals surface area contributed by atoms with Crippen LogP contribution in [0.2, 0.25) is 0 Å². The Bertz CT molecular complexity index is 641. The largest absolute Gasteiger partial charge is 0.497 e. The van der Waals surface area contributed by atoms with Gasteiger partial charge in [-0.3, -0.25) is 0 Å². The van der Waals surface area contributed by atoms with Crippen LogP contribution in [0.5, 0.6) is 17.2 Å². The lowest BCUT2D eigenvalue weighted by Crippen LogP contribution is -2.08. The van der Waals surface area contributed by atoms with Gasteiger partial charge in [-0.25, -0.2) is 0 Å². The van der Waals surface area contributed by atoms with Crippen LogP contribution in [0.4, 0.5) is 0 Å². The van der Waals surface area contributed by atoms with E-state index in [1.807, 2.05) is 18.2 Å². The molecule has 4 nitrogen and oxygen atoms in total. The lowest BCUT2D eigenvalue weighted by atomic mass is 9.96. The molecular formula is C19H25NO3. The zero-order chi connectivity index (χ0) is 16.7. The van der Waals surface area contributed by atoms with E-state index in [0.717, 1.165) is 36.5 Å². The van der Waals surface area contributed by atoms with E-state index in [1.165, 1.54) is 16.7 Å². The van der Waals surface area contributed by atoms with Gasteiger partial charge in [-0.2, -0.15) is 0 Å². The summed E-state index contributed by atoms with van der Waals surface area (Å²) in [7, 11) is 5.02. The number of rotatable bonds is 8. The van der Waals surface area contributed by atoms with Crippen LogP contribution in [0.1, 0.15) is 16.7 Å². The number of hydrogen-bond acceptors (Lipinski definition) is 4. The molecule has 0 fully saturated rings. The molecule has 124 valence electrons. The summed E-state index contributed by atoms with van der Waals surface area (Å²) in [6.45, 7) is 0.613. The second kappa shape index (κ2) is 8.44. The van der Waals surface area contributed by atoms with Crippen molar-refractivity contribution in [2.24, 2.45) is 5.73 Å². The molecule has 0 bridgehead atoms. The van der Waals surface area contributed by atoms with Gasteiger partial charge in [0, 0.05) is 5.56 Å². The summed E-state index contributed by atoms with van der Waals surface area (Å²) < 4.78 is 16.3. The third-order valence-electron chi connectivity index (χ3n) is 3.96. The highest BCUT2D eigenvalue weighted by Gasteiger charge is 2.14. The molecule has 0 aliphatic heterocycles. The van der Waals surface area contributed by atoms with Crippen LogP contribution < -0.4 is 19.9 Å². The van der Waals surface area contributed by atoms with E-state index in [0.29, 0.717) is 6.54 Å². The maximum Gasteiger partial charge on any atom is 0.164 e. The van der Waals surface area contributed by atoms with Gasteiger partial charge in [0.2, 0.25) is 0 Å². The molecule has 0 saturated carbocycles. The minimum Gasteiger partial charge on any atom is -0.497 e. The Morgan fingerprint density at radius 1 is 0.870 bits per heavy atom. The third kappa shape index (κ3) is 4.17. The predicted octanol–water partition coefficient (Wildman–Crippen LogP) is 3.00. The lowest BCUT2D eigenvalue weighted by Gasteiger charge is -2.17. The maximum atomic E-state index is 5.75. The molecule has 0 atom stereocenters. The summed E-state index contributed by atoms with van der Waals surface area (Å²) in [5.41, 5.74) is 9.36. The summed E-state index contributed by atoms with van der Waals surface area (Å²) in [6.07, 6.45) is 2.59. The molecule has 0 spiro atoms. The Kier molecular flexibility index (Phi) is 6.29. The van der Waals surface area contributed by atoms with Gasteiger partial charge in [0.1, 0.15) is 5.75 Å². The van der Waals surface area contributed by atoms with Crippen LogP contribution in [0, 0.1) is 0 Å². The van der Waals surface area contributed by atoms with Gasteiger partial charge in [-0.15, -0.1) is 0 Å². The number of methoxy groups -OCH3 is 3. The highest BCUT2D eigenvalue weighted by atomic mass is 16.5. The average Bonchev–Trinajstić information content (AvgIpc) is 2.60. The van der Waals surface area contributed by atoms with Gasteiger partial charge < -0.3 is 19.9 Å². The third-order valence-corrected chi connectivity index (χ3v) is 3.96. The van der Waals surface area contributed by atoms with Crippen LogP contribution in [0.15, 0.2) is 36.4 Å². The summed E-state index contributed by atoms with van der Waals surface area (Å²) in [5, 5.41) is 0. The highest BCUT2D eigenvalue weighted by molar-refractivity contribution is 5.51. The molecule has 0 amide bonds. The topological polar surface area (TPSA) is 53.7 Å². The molecule has 2 aromatic carbocycles. The van der Waals surface area contributed by atoms with Crippen molar-refractivity contribution < 1.29 is 14.2 Å². The van der Waals surface area contributed by atoms with E-state index in [-0.39, 0.29) is 0 Å². The number of aryl methyl sites for hydroxylation is 1. The number of hydrogen-bond donors (Lipinski definition) is 1. The zero-order valence-corrected chi connectivity index (χ0v) is 14.1. The molecule has 23 heavy (non-hydrogen) atoms. The molecule has 0 saturated heterocycles. The quantitative estimate of drug-likeness (QED) is 0.813. The van der Waals surface area contributed by atoms with Gasteiger partial charge >= 0.3 is 0 Å². The highest BCUT2D eigenvalue weighted by Crippen LogP contribution is 2.34. The first-order valence-electron chi connectivity index (χ1n) is 7.79. The van der Waals surface area contributed by atoms with Crippen LogP contribution in [0.25, 0.3) is 0 Å². The monoisotopic (exact) mass is 315 g/mol. The molecule has 2 aromatic rings. The van der Waals surface area contributed by atoms with Crippen LogP contribution in [-0.2, 0) is 19.3 Å². The normalized spacial score (nSPS) is 10.4. The van der Waals surface area contributed by atoms with Gasteiger partial charge in [-0.1, -0.05) is 18.2 Å². The van der Waals surface area contributed by atoms with Crippen LogP contribution >= 0.6 is 0 Å². The molecule has 0 radical (unpaired) electrons. The fraction of sp³-hybridized carbons (Fsp3) is 0.368. The summed E-state index contributed by atoms with van der Waals surface area (Å²) in [4.78, 5) is 0. The van der Waals surface area contributed by atoms with Crippen molar-refractivity contribution in [2.75, 3.05) is 27.9 Å². The summed E-state index contributed by atoms with van der Waals surface area (Å²) >= 11 is 0. The van der Waals surface area contributed by atoms with Gasteiger partial charge in [0.05, 0.1) is 21.3 Å². The number of ether oxygens (including phenoxy) is 3. The van der Waals surface area contributed by atoms with E-state index < -0.39 is 0 Å². The minimum atomic E-state index is 0.613. The van der Waals surface area contributed by atoms with Crippen LogP contribution in [0.3, 0.4) is 0 Å². The van der Waals surface area contributed by atoms with Gasteiger partial charge in [0.15, 0.2) is 11.5 Å². The first-order chi connectivity index (χ1) is 11.2. The second-order valence-corrected chi connectivity index (χ2v) is 5.33. The van der Waals surface area contributed by atoms with Gasteiger partial charge in [-0.05, 0) is 55.1 Å². The molecule has 0 aliphatic carbocycles. The van der Waals surface area contributed by atoms with E-state index >= 15 is 0 Å². The van der Waals surface area contributed by atoms with Crippen LogP contribution in [-0.4, -0.2) is 27.9 Å². The van der Waals surface area contributed by atoms with E-state index in [9.17, 15) is 0 Å². The first-order valence-corrected chi connectivity index (χ1v) is 7.79. The Morgan fingerprint density at radius 3 is 2.35 bits per heavy atom. The molecule has 0 aliphatic rings. The summed E-state index contributed by atoms with van der Waals surface area (Å²) in [5.74, 6) is 2.44. The molecule has 4 heteroatoms. The molecule has 0 heterocycles. The standard InChI is InChI=1S/C19H25NO3/c1-21-16-6-4-5-14(13-16)7-9-17-15(11-12-20)8-10-18(22-2)19(17)23-3/h4-6,8,10,13H,7,9,11-12,20H2,1-3H3. The molecule has 2 N–H and O–H groups in total. The zero-order valence-electron chi connectivity index (χ0n) is 14.1. The van der Waals surface area contributed by atoms with Crippen molar-refractivity contribution in [1.82, 2.24) is 0 Å². The predicted molar refractivity (Wildman–Crippen MR) is 92.7 cm³/mol. The Hall–Kier alpha value is -2.20. The van der Waals surface area contributed by atoms with E-state index in [1.54, 1.807) is 21.3 Å². The molecule has 0 unspecified atom stereocenters. The average molecular weight is 315 g/mol. The van der Waals surface area contributed by atoms with E-state index in [4.69, 9.17) is 19.9 Å². The SMILES string of the molecule is COc1cccc(CCc2c(CCN)ccc(OC)c2OC)c1.